The van der Waals surface area contributed by atoms with Crippen molar-refractivity contribution < 1.29 is 32.6 Å². The summed E-state index contributed by atoms with van der Waals surface area (Å²) in [4.78, 5) is 21.7. The molecule has 0 amide bonds. The van der Waals surface area contributed by atoms with Gasteiger partial charge in [-0.3, -0.25) is 9.59 Å². The number of hydrogen-bond donors (Lipinski definition) is 1. The molecule has 0 heterocycles. The van der Waals surface area contributed by atoms with E-state index in [9.17, 15) is 22.8 Å². The van der Waals surface area contributed by atoms with Gasteiger partial charge in [0.1, 0.15) is 0 Å². The number of esters is 1. The minimum absolute atomic E-state index is 0.436. The summed E-state index contributed by atoms with van der Waals surface area (Å²) in [5, 5.41) is 8.96. The molecule has 0 spiro atoms. The standard InChI is InChI=1S/C12H11F3O4/c1-5(16)19-10-8(14)6(4-7(13)9(10)15)12(2,3)11(17)18/h4H,1-3H3,(H,17,18). The first kappa shape index (κ1) is 15.0. The zero-order valence-corrected chi connectivity index (χ0v) is 10.4. The van der Waals surface area contributed by atoms with Gasteiger partial charge in [0.25, 0.3) is 0 Å². The number of carboxylic acids is 1. The third-order valence-corrected chi connectivity index (χ3v) is 2.57. The van der Waals surface area contributed by atoms with Crippen molar-refractivity contribution in [2.75, 3.05) is 0 Å². The number of ether oxygens (including phenoxy) is 1. The molecule has 1 N–H and O–H groups in total. The second kappa shape index (κ2) is 4.91. The van der Waals surface area contributed by atoms with Crippen LogP contribution < -0.4 is 4.74 Å². The minimum Gasteiger partial charge on any atom is -0.481 e. The lowest BCUT2D eigenvalue weighted by Crippen LogP contribution is -2.30. The molecule has 19 heavy (non-hydrogen) atoms. The summed E-state index contributed by atoms with van der Waals surface area (Å²) in [7, 11) is 0. The van der Waals surface area contributed by atoms with Gasteiger partial charge in [0.05, 0.1) is 5.41 Å². The predicted molar refractivity (Wildman–Crippen MR) is 58.3 cm³/mol. The zero-order chi connectivity index (χ0) is 15.0. The second-order valence-corrected chi connectivity index (χ2v) is 4.39. The molecule has 0 unspecified atom stereocenters. The number of benzene rings is 1. The van der Waals surface area contributed by atoms with Crippen molar-refractivity contribution in [2.45, 2.75) is 26.2 Å². The van der Waals surface area contributed by atoms with E-state index < -0.39 is 46.1 Å². The van der Waals surface area contributed by atoms with E-state index in [0.717, 1.165) is 20.8 Å². The van der Waals surface area contributed by atoms with Crippen molar-refractivity contribution in [3.05, 3.63) is 29.1 Å². The van der Waals surface area contributed by atoms with Gasteiger partial charge < -0.3 is 9.84 Å². The van der Waals surface area contributed by atoms with Crippen LogP contribution in [0.5, 0.6) is 5.75 Å². The van der Waals surface area contributed by atoms with E-state index in [0.29, 0.717) is 6.07 Å². The molecule has 4 nitrogen and oxygen atoms in total. The molecule has 0 aliphatic heterocycles. The summed E-state index contributed by atoms with van der Waals surface area (Å²) in [6, 6.07) is 0.436. The van der Waals surface area contributed by atoms with Gasteiger partial charge in [-0.15, -0.1) is 0 Å². The van der Waals surface area contributed by atoms with E-state index in [2.05, 4.69) is 4.74 Å². The van der Waals surface area contributed by atoms with Crippen molar-refractivity contribution in [1.82, 2.24) is 0 Å². The van der Waals surface area contributed by atoms with E-state index in [1.165, 1.54) is 0 Å². The largest absolute Gasteiger partial charge is 0.481 e. The summed E-state index contributed by atoms with van der Waals surface area (Å²) in [6.07, 6.45) is 0. The van der Waals surface area contributed by atoms with Crippen molar-refractivity contribution in [3.8, 4) is 5.75 Å². The van der Waals surface area contributed by atoms with Crippen LogP contribution in [0, 0.1) is 17.5 Å². The highest BCUT2D eigenvalue weighted by molar-refractivity contribution is 5.80. The van der Waals surface area contributed by atoms with E-state index in [1.807, 2.05) is 0 Å². The maximum atomic E-state index is 14.0. The first-order chi connectivity index (χ1) is 8.59. The first-order valence-corrected chi connectivity index (χ1v) is 5.18. The second-order valence-electron chi connectivity index (χ2n) is 4.39. The van der Waals surface area contributed by atoms with Gasteiger partial charge in [-0.2, -0.15) is 4.39 Å². The fourth-order valence-corrected chi connectivity index (χ4v) is 1.38. The van der Waals surface area contributed by atoms with Crippen molar-refractivity contribution in [2.24, 2.45) is 0 Å². The van der Waals surface area contributed by atoms with Crippen LogP contribution in [0.15, 0.2) is 6.07 Å². The Balaban J connectivity index is 3.57. The average molecular weight is 276 g/mol. The number of halogens is 3. The molecule has 0 radical (unpaired) electrons. The number of hydrogen-bond acceptors (Lipinski definition) is 3. The normalized spacial score (nSPS) is 11.3. The molecule has 1 aromatic rings. The molecule has 104 valence electrons. The van der Waals surface area contributed by atoms with Crippen LogP contribution in [-0.2, 0) is 15.0 Å². The Morgan fingerprint density at radius 2 is 1.74 bits per heavy atom. The molecular weight excluding hydrogens is 265 g/mol. The van der Waals surface area contributed by atoms with Gasteiger partial charge in [0.15, 0.2) is 11.6 Å². The van der Waals surface area contributed by atoms with Gasteiger partial charge in [-0.1, -0.05) is 0 Å². The fourth-order valence-electron chi connectivity index (χ4n) is 1.38. The van der Waals surface area contributed by atoms with Crippen LogP contribution in [0.3, 0.4) is 0 Å². The maximum Gasteiger partial charge on any atom is 0.313 e. The topological polar surface area (TPSA) is 63.6 Å². The van der Waals surface area contributed by atoms with Crippen LogP contribution >= 0.6 is 0 Å². The van der Waals surface area contributed by atoms with Crippen LogP contribution in [-0.4, -0.2) is 17.0 Å². The summed E-state index contributed by atoms with van der Waals surface area (Å²) >= 11 is 0. The van der Waals surface area contributed by atoms with Crippen molar-refractivity contribution in [1.29, 1.82) is 0 Å². The Morgan fingerprint density at radius 1 is 1.21 bits per heavy atom. The molecule has 0 aromatic heterocycles. The van der Waals surface area contributed by atoms with Gasteiger partial charge in [0, 0.05) is 12.5 Å². The molecule has 0 bridgehead atoms. The summed E-state index contributed by atoms with van der Waals surface area (Å²) in [5.74, 6) is -8.33. The van der Waals surface area contributed by atoms with Crippen LogP contribution in [0.4, 0.5) is 13.2 Å². The lowest BCUT2D eigenvalue weighted by Gasteiger charge is -2.21. The number of carbonyl (C=O) groups excluding carboxylic acids is 1. The van der Waals surface area contributed by atoms with Crippen molar-refractivity contribution >= 4 is 11.9 Å². The van der Waals surface area contributed by atoms with E-state index in [1.54, 1.807) is 0 Å². The molecule has 1 aromatic carbocycles. The SMILES string of the molecule is CC(=O)Oc1c(F)c(F)cc(C(C)(C)C(=O)O)c1F. The molecule has 1 rings (SSSR count). The van der Waals surface area contributed by atoms with E-state index in [4.69, 9.17) is 5.11 Å². The average Bonchev–Trinajstić information content (AvgIpc) is 2.28. The third-order valence-electron chi connectivity index (χ3n) is 2.57. The Bertz CT molecular complexity index is 552. The highest BCUT2D eigenvalue weighted by Gasteiger charge is 2.36. The Hall–Kier alpha value is -2.05. The van der Waals surface area contributed by atoms with Gasteiger partial charge in [-0.05, 0) is 19.9 Å². The Morgan fingerprint density at radius 3 is 2.16 bits per heavy atom. The van der Waals surface area contributed by atoms with Gasteiger partial charge >= 0.3 is 11.9 Å². The van der Waals surface area contributed by atoms with Crippen LogP contribution in [0.25, 0.3) is 0 Å². The Labute approximate surface area is 106 Å². The monoisotopic (exact) mass is 276 g/mol. The molecule has 0 aliphatic carbocycles. The molecule has 7 heteroatoms. The molecule has 0 aliphatic rings. The fraction of sp³-hybridized carbons (Fsp3) is 0.333. The summed E-state index contributed by atoms with van der Waals surface area (Å²) in [5.41, 5.74) is -2.43. The van der Waals surface area contributed by atoms with Crippen LogP contribution in [0.1, 0.15) is 26.3 Å². The lowest BCUT2D eigenvalue weighted by atomic mass is 9.84. The molecule has 0 saturated carbocycles. The lowest BCUT2D eigenvalue weighted by molar-refractivity contribution is -0.142. The molecule has 0 fully saturated rings. The first-order valence-electron chi connectivity index (χ1n) is 5.18. The number of rotatable bonds is 3. The number of carbonyl (C=O) groups is 2. The molecule has 0 atom stereocenters. The summed E-state index contributed by atoms with van der Waals surface area (Å²) < 4.78 is 44.9. The van der Waals surface area contributed by atoms with E-state index in [-0.39, 0.29) is 0 Å². The number of carboxylic acid groups (broad SMARTS) is 1. The molecule has 0 saturated heterocycles. The highest BCUT2D eigenvalue weighted by atomic mass is 19.2. The predicted octanol–water partition coefficient (Wildman–Crippen LogP) is 2.39. The Kier molecular flexibility index (Phi) is 3.88. The minimum atomic E-state index is -1.81. The number of aliphatic carboxylic acids is 1. The van der Waals surface area contributed by atoms with Gasteiger partial charge in [-0.25, -0.2) is 8.78 Å². The third kappa shape index (κ3) is 2.69. The van der Waals surface area contributed by atoms with Crippen LogP contribution in [0.2, 0.25) is 0 Å². The van der Waals surface area contributed by atoms with E-state index >= 15 is 0 Å². The molecular formula is C12H11F3O4. The smallest absolute Gasteiger partial charge is 0.313 e. The zero-order valence-electron chi connectivity index (χ0n) is 10.4. The highest BCUT2D eigenvalue weighted by Crippen LogP contribution is 2.34. The maximum absolute atomic E-state index is 14.0. The van der Waals surface area contributed by atoms with Crippen molar-refractivity contribution in [3.63, 3.8) is 0 Å². The quantitative estimate of drug-likeness (QED) is 0.523. The summed E-state index contributed by atoms with van der Waals surface area (Å²) in [6.45, 7) is 3.11. The van der Waals surface area contributed by atoms with Gasteiger partial charge in [0.2, 0.25) is 11.6 Å².